The van der Waals surface area contributed by atoms with Gasteiger partial charge in [-0.3, -0.25) is 9.59 Å². The lowest BCUT2D eigenvalue weighted by Gasteiger charge is -2.18. The molecule has 0 radical (unpaired) electrons. The summed E-state index contributed by atoms with van der Waals surface area (Å²) in [5.41, 5.74) is 0. The maximum absolute atomic E-state index is 11.8. The molecule has 3 nitrogen and oxygen atoms in total. The fourth-order valence-electron chi connectivity index (χ4n) is 1.45. The molecule has 2 rings (SSSR count). The molecule has 0 aromatic carbocycles. The molecule has 14 heavy (non-hydrogen) atoms. The lowest BCUT2D eigenvalue weighted by molar-refractivity contribution is -0.128. The maximum Gasteiger partial charge on any atom is 0.185 e. The van der Waals surface area contributed by atoms with Crippen LogP contribution in [0.5, 0.6) is 0 Å². The highest BCUT2D eigenvalue weighted by Crippen LogP contribution is 2.19. The van der Waals surface area contributed by atoms with Crippen molar-refractivity contribution in [2.24, 2.45) is 5.92 Å². The molecule has 1 unspecified atom stereocenters. The molecule has 0 saturated carbocycles. The van der Waals surface area contributed by atoms with Crippen LogP contribution in [-0.2, 0) is 9.53 Å². The SMILES string of the molecule is O=C1CCOCC1C(=O)c1cccs1. The first-order valence-corrected chi connectivity index (χ1v) is 5.35. The normalized spacial score (nSPS) is 22.3. The summed E-state index contributed by atoms with van der Waals surface area (Å²) in [4.78, 5) is 23.9. The Bertz CT molecular complexity index is 342. The summed E-state index contributed by atoms with van der Waals surface area (Å²) < 4.78 is 5.13. The third-order valence-corrected chi connectivity index (χ3v) is 3.13. The average molecular weight is 210 g/mol. The minimum atomic E-state index is -0.567. The van der Waals surface area contributed by atoms with Gasteiger partial charge in [0.2, 0.25) is 0 Å². The summed E-state index contributed by atoms with van der Waals surface area (Å²) in [5, 5.41) is 1.83. The van der Waals surface area contributed by atoms with Crippen LogP contribution in [0.15, 0.2) is 17.5 Å². The molecule has 2 heterocycles. The van der Waals surface area contributed by atoms with Crippen LogP contribution in [0.4, 0.5) is 0 Å². The van der Waals surface area contributed by atoms with Gasteiger partial charge in [-0.2, -0.15) is 0 Å². The fourth-order valence-corrected chi connectivity index (χ4v) is 2.17. The van der Waals surface area contributed by atoms with Gasteiger partial charge in [0.25, 0.3) is 0 Å². The van der Waals surface area contributed by atoms with Crippen LogP contribution >= 0.6 is 11.3 Å². The second-order valence-corrected chi connectivity index (χ2v) is 4.13. The number of carbonyl (C=O) groups excluding carboxylic acids is 2. The Kier molecular flexibility index (Phi) is 2.74. The van der Waals surface area contributed by atoms with Crippen molar-refractivity contribution in [1.29, 1.82) is 0 Å². The lowest BCUT2D eigenvalue weighted by Crippen LogP contribution is -2.33. The quantitative estimate of drug-likeness (QED) is 0.549. The Hall–Kier alpha value is -1.000. The molecular weight excluding hydrogens is 200 g/mol. The zero-order chi connectivity index (χ0) is 9.97. The van der Waals surface area contributed by atoms with Crippen LogP contribution in [0.3, 0.4) is 0 Å². The molecule has 1 fully saturated rings. The summed E-state index contributed by atoms with van der Waals surface area (Å²) >= 11 is 1.37. The van der Waals surface area contributed by atoms with E-state index in [4.69, 9.17) is 4.74 Å². The van der Waals surface area contributed by atoms with E-state index in [0.29, 0.717) is 17.9 Å². The highest BCUT2D eigenvalue weighted by Gasteiger charge is 2.30. The number of hydrogen-bond acceptors (Lipinski definition) is 4. The molecule has 1 saturated heterocycles. The molecule has 0 spiro atoms. The van der Waals surface area contributed by atoms with Gasteiger partial charge in [-0.1, -0.05) is 6.07 Å². The van der Waals surface area contributed by atoms with E-state index in [0.717, 1.165) is 0 Å². The predicted molar refractivity (Wildman–Crippen MR) is 52.6 cm³/mol. The van der Waals surface area contributed by atoms with Crippen LogP contribution in [0.1, 0.15) is 16.1 Å². The smallest absolute Gasteiger partial charge is 0.185 e. The predicted octanol–water partition coefficient (Wildman–Crippen LogP) is 1.54. The van der Waals surface area contributed by atoms with Crippen LogP contribution in [0.2, 0.25) is 0 Å². The molecule has 0 bridgehead atoms. The van der Waals surface area contributed by atoms with Crippen molar-refractivity contribution >= 4 is 22.9 Å². The second-order valence-electron chi connectivity index (χ2n) is 3.19. The van der Waals surface area contributed by atoms with Gasteiger partial charge in [0.05, 0.1) is 18.1 Å². The molecule has 1 atom stereocenters. The molecule has 4 heteroatoms. The Morgan fingerprint density at radius 2 is 2.43 bits per heavy atom. The van der Waals surface area contributed by atoms with Gasteiger partial charge in [-0.05, 0) is 11.4 Å². The molecule has 0 aliphatic carbocycles. The van der Waals surface area contributed by atoms with Gasteiger partial charge < -0.3 is 4.74 Å². The first-order valence-electron chi connectivity index (χ1n) is 4.47. The van der Waals surface area contributed by atoms with Crippen LogP contribution in [-0.4, -0.2) is 24.8 Å². The number of thiophene rings is 1. The third-order valence-electron chi connectivity index (χ3n) is 2.25. The average Bonchev–Trinajstić information content (AvgIpc) is 2.70. The molecule has 1 aromatic heterocycles. The number of ether oxygens (including phenoxy) is 1. The van der Waals surface area contributed by atoms with Crippen LogP contribution in [0, 0.1) is 5.92 Å². The summed E-state index contributed by atoms with van der Waals surface area (Å²) in [5.74, 6) is -0.651. The van der Waals surface area contributed by atoms with Crippen molar-refractivity contribution < 1.29 is 14.3 Å². The van der Waals surface area contributed by atoms with E-state index in [9.17, 15) is 9.59 Å². The fraction of sp³-hybridized carbons (Fsp3) is 0.400. The topological polar surface area (TPSA) is 43.4 Å². The number of hydrogen-bond donors (Lipinski definition) is 0. The first-order chi connectivity index (χ1) is 6.79. The Morgan fingerprint density at radius 3 is 3.07 bits per heavy atom. The van der Waals surface area contributed by atoms with Crippen molar-refractivity contribution in [2.75, 3.05) is 13.2 Å². The van der Waals surface area contributed by atoms with Gasteiger partial charge in [-0.25, -0.2) is 0 Å². The van der Waals surface area contributed by atoms with Gasteiger partial charge in [0.15, 0.2) is 5.78 Å². The third kappa shape index (κ3) is 1.76. The van der Waals surface area contributed by atoms with Crippen LogP contribution < -0.4 is 0 Å². The molecule has 1 aliphatic heterocycles. The molecule has 0 N–H and O–H groups in total. The van der Waals surface area contributed by atoms with E-state index in [2.05, 4.69) is 0 Å². The Balaban J connectivity index is 2.14. The van der Waals surface area contributed by atoms with E-state index >= 15 is 0 Å². The van der Waals surface area contributed by atoms with Gasteiger partial charge in [-0.15, -0.1) is 11.3 Å². The molecule has 0 amide bonds. The van der Waals surface area contributed by atoms with Crippen LogP contribution in [0.25, 0.3) is 0 Å². The highest BCUT2D eigenvalue weighted by atomic mass is 32.1. The Labute approximate surface area is 85.7 Å². The monoisotopic (exact) mass is 210 g/mol. The van der Waals surface area contributed by atoms with Crippen molar-refractivity contribution in [3.8, 4) is 0 Å². The lowest BCUT2D eigenvalue weighted by atomic mass is 9.95. The van der Waals surface area contributed by atoms with Gasteiger partial charge in [0, 0.05) is 6.42 Å². The van der Waals surface area contributed by atoms with Crippen molar-refractivity contribution in [1.82, 2.24) is 0 Å². The number of carbonyl (C=O) groups is 2. The second kappa shape index (κ2) is 4.02. The van der Waals surface area contributed by atoms with Gasteiger partial charge >= 0.3 is 0 Å². The summed E-state index contributed by atoms with van der Waals surface area (Å²) in [6, 6.07) is 3.56. The van der Waals surface area contributed by atoms with E-state index in [-0.39, 0.29) is 18.2 Å². The molecule has 1 aromatic rings. The van der Waals surface area contributed by atoms with Crippen molar-refractivity contribution in [2.45, 2.75) is 6.42 Å². The van der Waals surface area contributed by atoms with E-state index < -0.39 is 5.92 Å². The van der Waals surface area contributed by atoms with E-state index in [1.165, 1.54) is 11.3 Å². The minimum Gasteiger partial charge on any atom is -0.380 e. The molecule has 74 valence electrons. The van der Waals surface area contributed by atoms with Crippen molar-refractivity contribution in [3.05, 3.63) is 22.4 Å². The highest BCUT2D eigenvalue weighted by molar-refractivity contribution is 7.12. The molecule has 1 aliphatic rings. The zero-order valence-corrected chi connectivity index (χ0v) is 8.38. The molecular formula is C10H10O3S. The largest absolute Gasteiger partial charge is 0.380 e. The zero-order valence-electron chi connectivity index (χ0n) is 7.56. The minimum absolute atomic E-state index is 0.00894. The number of ketones is 2. The maximum atomic E-state index is 11.8. The number of Topliss-reactive ketones (excluding diaryl/α,β-unsaturated/α-hetero) is 2. The summed E-state index contributed by atoms with van der Waals surface area (Å²) in [6.45, 7) is 0.697. The standard InChI is InChI=1S/C10H10O3S/c11-8-3-4-13-6-7(8)10(12)9-2-1-5-14-9/h1-2,5,7H,3-4,6H2. The Morgan fingerprint density at radius 1 is 1.57 bits per heavy atom. The van der Waals surface area contributed by atoms with Gasteiger partial charge in [0.1, 0.15) is 11.7 Å². The summed E-state index contributed by atoms with van der Waals surface area (Å²) in [6.07, 6.45) is 0.363. The van der Waals surface area contributed by atoms with Crippen molar-refractivity contribution in [3.63, 3.8) is 0 Å². The van der Waals surface area contributed by atoms with E-state index in [1.54, 1.807) is 6.07 Å². The number of rotatable bonds is 2. The first kappa shape index (κ1) is 9.55. The van der Waals surface area contributed by atoms with E-state index in [1.807, 2.05) is 11.4 Å². The summed E-state index contributed by atoms with van der Waals surface area (Å²) in [7, 11) is 0.